The summed E-state index contributed by atoms with van der Waals surface area (Å²) in [6, 6.07) is 9.36. The molecule has 5 rings (SSSR count). The van der Waals surface area contributed by atoms with Crippen molar-refractivity contribution in [2.75, 3.05) is 19.7 Å². The molecule has 7 nitrogen and oxygen atoms in total. The molecule has 3 aromatic heterocycles. The lowest BCUT2D eigenvalue weighted by Gasteiger charge is -2.31. The summed E-state index contributed by atoms with van der Waals surface area (Å²) in [4.78, 5) is 38.0. The third-order valence-electron chi connectivity index (χ3n) is 5.81. The summed E-state index contributed by atoms with van der Waals surface area (Å²) in [7, 11) is 0. The summed E-state index contributed by atoms with van der Waals surface area (Å²) in [6.07, 6.45) is 3.66. The van der Waals surface area contributed by atoms with E-state index in [-0.39, 0.29) is 11.5 Å². The quantitative estimate of drug-likeness (QED) is 0.527. The lowest BCUT2D eigenvalue weighted by Crippen LogP contribution is -2.38. The van der Waals surface area contributed by atoms with E-state index in [9.17, 15) is 9.59 Å². The lowest BCUT2D eigenvalue weighted by atomic mass is 9.98. The summed E-state index contributed by atoms with van der Waals surface area (Å²) >= 11 is 1.63. The second kappa shape index (κ2) is 8.11. The highest BCUT2D eigenvalue weighted by Crippen LogP contribution is 2.25. The molecule has 0 aliphatic carbocycles. The number of thiophene rings is 1. The Morgan fingerprint density at radius 3 is 2.90 bits per heavy atom. The maximum Gasteiger partial charge on any atom is 0.259 e. The molecule has 0 atom stereocenters. The highest BCUT2D eigenvalue weighted by atomic mass is 32.1. The molecule has 1 saturated heterocycles. The Labute approximate surface area is 182 Å². The Morgan fingerprint density at radius 2 is 2.10 bits per heavy atom. The van der Waals surface area contributed by atoms with Crippen molar-refractivity contribution < 1.29 is 9.53 Å². The van der Waals surface area contributed by atoms with E-state index in [0.717, 1.165) is 36.0 Å². The minimum absolute atomic E-state index is 0.130. The summed E-state index contributed by atoms with van der Waals surface area (Å²) in [5, 5.41) is 3.58. The van der Waals surface area contributed by atoms with E-state index in [2.05, 4.69) is 15.0 Å². The third-order valence-corrected chi connectivity index (χ3v) is 6.67. The van der Waals surface area contributed by atoms with Crippen LogP contribution in [-0.4, -0.2) is 45.5 Å². The number of carbonyl (C=O) groups is 1. The number of nitrogens with one attached hydrogen (secondary N) is 1. The van der Waals surface area contributed by atoms with Gasteiger partial charge in [-0.25, -0.2) is 4.98 Å². The van der Waals surface area contributed by atoms with Crippen molar-refractivity contribution >= 4 is 38.2 Å². The molecule has 1 N–H and O–H groups in total. The van der Waals surface area contributed by atoms with Crippen LogP contribution >= 0.6 is 11.3 Å². The molecule has 8 heteroatoms. The molecule has 1 amide bonds. The molecule has 0 bridgehead atoms. The number of carbonyl (C=O) groups excluding carboxylic acids is 1. The van der Waals surface area contributed by atoms with Crippen molar-refractivity contribution in [3.63, 3.8) is 0 Å². The van der Waals surface area contributed by atoms with Gasteiger partial charge in [0, 0.05) is 26.2 Å². The van der Waals surface area contributed by atoms with Crippen LogP contribution in [0.5, 0.6) is 5.75 Å². The van der Waals surface area contributed by atoms with Crippen LogP contribution in [0.1, 0.15) is 19.8 Å². The summed E-state index contributed by atoms with van der Waals surface area (Å²) in [6.45, 7) is 3.74. The van der Waals surface area contributed by atoms with Crippen LogP contribution < -0.4 is 10.3 Å². The molecule has 158 valence electrons. The zero-order valence-electron chi connectivity index (χ0n) is 17.1. The average molecular weight is 435 g/mol. The number of likely N-dealkylation sites (tertiary alicyclic amines) is 1. The molecule has 31 heavy (non-hydrogen) atoms. The molecular formula is C23H22N4O3S. The number of nitrogens with zero attached hydrogens (tertiary/aromatic N) is 3. The highest BCUT2D eigenvalue weighted by Gasteiger charge is 2.21. The Kier molecular flexibility index (Phi) is 5.15. The number of aromatic nitrogens is 3. The van der Waals surface area contributed by atoms with Crippen molar-refractivity contribution in [3.05, 3.63) is 52.3 Å². The van der Waals surface area contributed by atoms with Crippen molar-refractivity contribution in [3.8, 4) is 17.3 Å². The van der Waals surface area contributed by atoms with Crippen LogP contribution in [0, 0.1) is 5.92 Å². The normalized spacial score (nSPS) is 14.9. The predicted octanol–water partition coefficient (Wildman–Crippen LogP) is 3.84. The molecule has 0 radical (unpaired) electrons. The fraction of sp³-hybridized carbons (Fsp3) is 0.304. The van der Waals surface area contributed by atoms with Crippen molar-refractivity contribution in [2.45, 2.75) is 19.8 Å². The van der Waals surface area contributed by atoms with E-state index < -0.39 is 0 Å². The zero-order valence-corrected chi connectivity index (χ0v) is 17.9. The molecular weight excluding hydrogens is 412 g/mol. The predicted molar refractivity (Wildman–Crippen MR) is 121 cm³/mol. The number of piperidine rings is 1. The van der Waals surface area contributed by atoms with Gasteiger partial charge in [-0.1, -0.05) is 0 Å². The van der Waals surface area contributed by atoms with Crippen LogP contribution in [0.3, 0.4) is 0 Å². The molecule has 1 aliphatic heterocycles. The monoisotopic (exact) mass is 434 g/mol. The molecule has 1 fully saturated rings. The Balaban J connectivity index is 1.33. The van der Waals surface area contributed by atoms with Gasteiger partial charge in [-0.15, -0.1) is 11.3 Å². The zero-order chi connectivity index (χ0) is 21.4. The molecule has 4 aromatic rings. The maximum absolute atomic E-state index is 12.7. The summed E-state index contributed by atoms with van der Waals surface area (Å²) < 4.78 is 7.06. The Morgan fingerprint density at radius 1 is 1.26 bits per heavy atom. The van der Waals surface area contributed by atoms with E-state index in [4.69, 9.17) is 4.74 Å². The number of fused-ring (bicyclic) bond motifs is 2. The third kappa shape index (κ3) is 4.03. The van der Waals surface area contributed by atoms with E-state index in [1.54, 1.807) is 30.5 Å². The molecule has 1 aromatic carbocycles. The molecule has 0 saturated carbocycles. The molecule has 4 heterocycles. The van der Waals surface area contributed by atoms with Crippen LogP contribution in [0.25, 0.3) is 32.5 Å². The lowest BCUT2D eigenvalue weighted by molar-refractivity contribution is -0.130. The van der Waals surface area contributed by atoms with Crippen molar-refractivity contribution in [1.29, 1.82) is 0 Å². The van der Waals surface area contributed by atoms with Gasteiger partial charge in [0.2, 0.25) is 5.91 Å². The van der Waals surface area contributed by atoms with E-state index in [1.807, 2.05) is 34.5 Å². The summed E-state index contributed by atoms with van der Waals surface area (Å²) in [5.41, 5.74) is 1.03. The Bertz CT molecular complexity index is 1320. The van der Waals surface area contributed by atoms with Crippen LogP contribution in [-0.2, 0) is 4.79 Å². The first-order valence-corrected chi connectivity index (χ1v) is 11.2. The van der Waals surface area contributed by atoms with Gasteiger partial charge in [-0.05, 0) is 59.9 Å². The fourth-order valence-corrected chi connectivity index (χ4v) is 4.69. The van der Waals surface area contributed by atoms with Gasteiger partial charge in [-0.3, -0.25) is 14.6 Å². The minimum Gasteiger partial charge on any atom is -0.493 e. The second-order valence-electron chi connectivity index (χ2n) is 7.88. The number of H-pyrrole nitrogens is 1. The topological polar surface area (TPSA) is 88.2 Å². The smallest absolute Gasteiger partial charge is 0.259 e. The number of aromatic amines is 1. The second-order valence-corrected chi connectivity index (χ2v) is 8.83. The van der Waals surface area contributed by atoms with Crippen LogP contribution in [0.2, 0.25) is 0 Å². The van der Waals surface area contributed by atoms with Gasteiger partial charge in [0.25, 0.3) is 5.56 Å². The fourth-order valence-electron chi connectivity index (χ4n) is 3.95. The van der Waals surface area contributed by atoms with Gasteiger partial charge in [0.05, 0.1) is 22.2 Å². The van der Waals surface area contributed by atoms with Gasteiger partial charge in [0.1, 0.15) is 11.4 Å². The molecule has 1 aliphatic rings. The number of pyridine rings is 1. The number of hydrogen-bond donors (Lipinski definition) is 1. The standard InChI is InChI=1S/C23H22N4O3S/c1-14(28)27-7-4-15(5-8-27)13-30-17-2-3-19-18(11-17)23(29)26-22(25-19)20-10-16-6-9-31-21(16)12-24-20/h2-3,6,9-12,15H,4-5,7-8,13H2,1H3,(H,25,26,29). The van der Waals surface area contributed by atoms with E-state index in [1.165, 1.54) is 0 Å². The van der Waals surface area contributed by atoms with Crippen molar-refractivity contribution in [1.82, 2.24) is 19.9 Å². The highest BCUT2D eigenvalue weighted by molar-refractivity contribution is 7.17. The van der Waals surface area contributed by atoms with Gasteiger partial charge < -0.3 is 14.6 Å². The Hall–Kier alpha value is -3.26. The van der Waals surface area contributed by atoms with E-state index in [0.29, 0.717) is 40.7 Å². The molecule has 0 spiro atoms. The first-order chi connectivity index (χ1) is 15.1. The maximum atomic E-state index is 12.7. The first-order valence-electron chi connectivity index (χ1n) is 10.3. The van der Waals surface area contributed by atoms with Crippen LogP contribution in [0.4, 0.5) is 0 Å². The van der Waals surface area contributed by atoms with Crippen LogP contribution in [0.15, 0.2) is 46.7 Å². The van der Waals surface area contributed by atoms with Gasteiger partial charge >= 0.3 is 0 Å². The van der Waals surface area contributed by atoms with Crippen molar-refractivity contribution in [2.24, 2.45) is 5.92 Å². The number of rotatable bonds is 4. The number of ether oxygens (including phenoxy) is 1. The number of benzene rings is 1. The summed E-state index contributed by atoms with van der Waals surface area (Å²) in [5.74, 6) is 1.64. The minimum atomic E-state index is -0.215. The number of amides is 1. The van der Waals surface area contributed by atoms with Gasteiger partial charge in [-0.2, -0.15) is 0 Å². The first kappa shape index (κ1) is 19.7. The largest absolute Gasteiger partial charge is 0.493 e. The average Bonchev–Trinajstić information content (AvgIpc) is 3.26. The number of hydrogen-bond acceptors (Lipinski definition) is 6. The van der Waals surface area contributed by atoms with E-state index >= 15 is 0 Å². The van der Waals surface area contributed by atoms with Gasteiger partial charge in [0.15, 0.2) is 5.82 Å². The molecule has 0 unspecified atom stereocenters. The SMILES string of the molecule is CC(=O)N1CCC(COc2ccc3nc(-c4cc5ccsc5cn4)[nH]c(=O)c3c2)CC1.